The first-order chi connectivity index (χ1) is 18.6. The lowest BCUT2D eigenvalue weighted by Gasteiger charge is -2.34. The Hall–Kier alpha value is -3.21. The third-order valence-corrected chi connectivity index (χ3v) is 10.0. The number of hydrogen-bond donors (Lipinski definition) is 1. The van der Waals surface area contributed by atoms with Gasteiger partial charge in [-0.3, -0.25) is 14.5 Å². The van der Waals surface area contributed by atoms with Crippen LogP contribution < -0.4 is 10.1 Å². The van der Waals surface area contributed by atoms with Gasteiger partial charge in [0.15, 0.2) is 0 Å². The lowest BCUT2D eigenvalue weighted by molar-refractivity contribution is -0.126. The van der Waals surface area contributed by atoms with E-state index in [4.69, 9.17) is 4.74 Å². The lowest BCUT2D eigenvalue weighted by Crippen LogP contribution is -2.49. The van der Waals surface area contributed by atoms with Gasteiger partial charge in [-0.25, -0.2) is 8.42 Å². The lowest BCUT2D eigenvalue weighted by atomic mass is 10.0. The van der Waals surface area contributed by atoms with Gasteiger partial charge in [0.25, 0.3) is 5.91 Å². The second-order valence-electron chi connectivity index (χ2n) is 10.7. The SMILES string of the molecule is C=C1CCC(N2Cc3c(OCc4ccc(CN5CCN(S(=O)(=O)C(C)C)CC5)cc4)cccc3C2=O)C(=O)N1. The zero-order valence-corrected chi connectivity index (χ0v) is 23.4. The Bertz CT molecular complexity index is 1360. The van der Waals surface area contributed by atoms with E-state index < -0.39 is 21.3 Å². The number of carbonyl (C=O) groups excluding carboxylic acids is 2. The van der Waals surface area contributed by atoms with Gasteiger partial charge in [0, 0.05) is 49.5 Å². The molecule has 10 heteroatoms. The number of piperazine rings is 1. The van der Waals surface area contributed by atoms with Crippen LogP contribution in [-0.4, -0.2) is 71.8 Å². The summed E-state index contributed by atoms with van der Waals surface area (Å²) in [5, 5.41) is 2.37. The van der Waals surface area contributed by atoms with Gasteiger partial charge in [0.2, 0.25) is 15.9 Å². The topological polar surface area (TPSA) is 99.3 Å². The molecule has 1 atom stereocenters. The number of nitrogens with one attached hydrogen (secondary N) is 1. The smallest absolute Gasteiger partial charge is 0.255 e. The summed E-state index contributed by atoms with van der Waals surface area (Å²) in [4.78, 5) is 29.5. The Morgan fingerprint density at radius 2 is 1.72 bits per heavy atom. The Kier molecular flexibility index (Phi) is 7.80. The second kappa shape index (κ2) is 11.1. The number of benzene rings is 2. The highest BCUT2D eigenvalue weighted by atomic mass is 32.2. The Morgan fingerprint density at radius 1 is 1.03 bits per heavy atom. The van der Waals surface area contributed by atoms with Crippen LogP contribution in [0.3, 0.4) is 0 Å². The van der Waals surface area contributed by atoms with E-state index >= 15 is 0 Å². The molecule has 208 valence electrons. The first kappa shape index (κ1) is 27.4. The van der Waals surface area contributed by atoms with E-state index in [1.165, 1.54) is 0 Å². The molecule has 0 aliphatic carbocycles. The number of piperidine rings is 1. The van der Waals surface area contributed by atoms with Gasteiger partial charge < -0.3 is 15.0 Å². The molecule has 2 aromatic rings. The van der Waals surface area contributed by atoms with Crippen molar-refractivity contribution in [3.8, 4) is 5.75 Å². The van der Waals surface area contributed by atoms with Crippen LogP contribution in [0, 0.1) is 0 Å². The Labute approximate surface area is 230 Å². The van der Waals surface area contributed by atoms with Crippen LogP contribution >= 0.6 is 0 Å². The van der Waals surface area contributed by atoms with Gasteiger partial charge >= 0.3 is 0 Å². The molecule has 0 aromatic heterocycles. The van der Waals surface area contributed by atoms with Crippen molar-refractivity contribution >= 4 is 21.8 Å². The number of allylic oxidation sites excluding steroid dienone is 1. The molecule has 1 unspecified atom stereocenters. The largest absolute Gasteiger partial charge is 0.489 e. The normalized spacial score (nSPS) is 20.8. The number of fused-ring (bicyclic) bond motifs is 1. The van der Waals surface area contributed by atoms with Crippen LogP contribution in [0.15, 0.2) is 54.7 Å². The summed E-state index contributed by atoms with van der Waals surface area (Å²) < 4.78 is 32.5. The first-order valence-electron chi connectivity index (χ1n) is 13.5. The fourth-order valence-electron chi connectivity index (χ4n) is 5.37. The van der Waals surface area contributed by atoms with Gasteiger partial charge in [-0.05, 0) is 49.9 Å². The molecule has 0 saturated carbocycles. The minimum Gasteiger partial charge on any atom is -0.489 e. The molecule has 2 fully saturated rings. The van der Waals surface area contributed by atoms with Crippen molar-refractivity contribution in [1.82, 2.24) is 19.4 Å². The third-order valence-electron chi connectivity index (χ3n) is 7.76. The van der Waals surface area contributed by atoms with Crippen LogP contribution in [0.5, 0.6) is 5.75 Å². The van der Waals surface area contributed by atoms with E-state index in [0.29, 0.717) is 69.2 Å². The monoisotopic (exact) mass is 552 g/mol. The van der Waals surface area contributed by atoms with E-state index in [9.17, 15) is 18.0 Å². The van der Waals surface area contributed by atoms with Gasteiger partial charge in [0.1, 0.15) is 18.4 Å². The number of nitrogens with zero attached hydrogens (tertiary/aromatic N) is 3. The number of ether oxygens (including phenoxy) is 1. The summed E-state index contributed by atoms with van der Waals surface area (Å²) >= 11 is 0. The van der Waals surface area contributed by atoms with Crippen LogP contribution in [0.2, 0.25) is 0 Å². The summed E-state index contributed by atoms with van der Waals surface area (Å²) in [7, 11) is -3.20. The third kappa shape index (κ3) is 5.73. The predicted octanol–water partition coefficient (Wildman–Crippen LogP) is 2.87. The molecule has 39 heavy (non-hydrogen) atoms. The number of sulfonamides is 1. The van der Waals surface area contributed by atoms with Crippen LogP contribution in [-0.2, 0) is 34.5 Å². The highest BCUT2D eigenvalue weighted by Gasteiger charge is 2.39. The van der Waals surface area contributed by atoms with Gasteiger partial charge in [0.05, 0.1) is 11.8 Å². The molecule has 0 radical (unpaired) electrons. The minimum absolute atomic E-state index is 0.143. The second-order valence-corrected chi connectivity index (χ2v) is 13.2. The Morgan fingerprint density at radius 3 is 2.38 bits per heavy atom. The van der Waals surface area contributed by atoms with E-state index in [0.717, 1.165) is 23.2 Å². The van der Waals surface area contributed by atoms with E-state index in [1.807, 2.05) is 24.3 Å². The highest BCUT2D eigenvalue weighted by Crippen LogP contribution is 2.34. The van der Waals surface area contributed by atoms with E-state index in [-0.39, 0.29) is 11.8 Å². The van der Waals surface area contributed by atoms with E-state index in [1.54, 1.807) is 29.1 Å². The molecular weight excluding hydrogens is 516 g/mol. The van der Waals surface area contributed by atoms with Crippen molar-refractivity contribution in [3.05, 3.63) is 77.0 Å². The maximum atomic E-state index is 13.1. The Balaban J connectivity index is 1.16. The maximum absolute atomic E-state index is 13.1. The van der Waals surface area contributed by atoms with Gasteiger partial charge in [-0.15, -0.1) is 0 Å². The van der Waals surface area contributed by atoms with Crippen LogP contribution in [0.25, 0.3) is 0 Å². The highest BCUT2D eigenvalue weighted by molar-refractivity contribution is 7.89. The first-order valence-corrected chi connectivity index (χ1v) is 15.0. The molecule has 3 aliphatic rings. The molecule has 1 N–H and O–H groups in total. The minimum atomic E-state index is -3.20. The predicted molar refractivity (Wildman–Crippen MR) is 148 cm³/mol. The molecule has 9 nitrogen and oxygen atoms in total. The quantitative estimate of drug-likeness (QED) is 0.541. The summed E-state index contributed by atoms with van der Waals surface area (Å²) in [6.45, 7) is 11.2. The summed E-state index contributed by atoms with van der Waals surface area (Å²) in [6.07, 6.45) is 1.23. The van der Waals surface area contributed by atoms with Crippen molar-refractivity contribution < 1.29 is 22.7 Å². The summed E-state index contributed by atoms with van der Waals surface area (Å²) in [6, 6.07) is 13.2. The molecule has 2 amide bonds. The fourth-order valence-corrected chi connectivity index (χ4v) is 6.64. The zero-order chi connectivity index (χ0) is 27.7. The van der Waals surface area contributed by atoms with Gasteiger partial charge in [-0.1, -0.05) is 36.9 Å². The van der Waals surface area contributed by atoms with Crippen molar-refractivity contribution in [3.63, 3.8) is 0 Å². The van der Waals surface area contributed by atoms with Gasteiger partial charge in [-0.2, -0.15) is 4.31 Å². The molecule has 3 heterocycles. The van der Waals surface area contributed by atoms with Crippen molar-refractivity contribution in [2.24, 2.45) is 0 Å². The fraction of sp³-hybridized carbons (Fsp3) is 0.448. The number of amides is 2. The summed E-state index contributed by atoms with van der Waals surface area (Å²) in [5.41, 5.74) is 4.26. The van der Waals surface area contributed by atoms with E-state index in [2.05, 4.69) is 28.9 Å². The number of hydrogen-bond acceptors (Lipinski definition) is 6. The molecular formula is C29H36N4O5S. The number of carbonyl (C=O) groups is 2. The number of rotatable bonds is 8. The molecule has 5 rings (SSSR count). The summed E-state index contributed by atoms with van der Waals surface area (Å²) in [5.74, 6) is 0.329. The molecule has 0 spiro atoms. The molecule has 3 aliphatic heterocycles. The average Bonchev–Trinajstić information content (AvgIpc) is 3.25. The van der Waals surface area contributed by atoms with Crippen molar-refractivity contribution in [2.75, 3.05) is 26.2 Å². The standard InChI is InChI=1S/C29H36N4O5S/c1-20(2)39(36,37)32-15-13-31(14-16-32)17-22-8-10-23(11-9-22)19-38-27-6-4-5-24-25(27)18-33(29(24)35)26-12-7-21(3)30-28(26)34/h4-6,8-11,20,26H,3,7,12-19H2,1-2H3,(H,30,34). The maximum Gasteiger partial charge on any atom is 0.255 e. The van der Waals surface area contributed by atoms with Crippen LogP contribution in [0.4, 0.5) is 0 Å². The molecule has 0 bridgehead atoms. The van der Waals surface area contributed by atoms with Crippen molar-refractivity contribution in [2.45, 2.75) is 57.7 Å². The zero-order valence-electron chi connectivity index (χ0n) is 22.6. The average molecular weight is 553 g/mol. The van der Waals surface area contributed by atoms with Crippen LogP contribution in [0.1, 0.15) is 53.7 Å². The molecule has 2 saturated heterocycles. The van der Waals surface area contributed by atoms with Crippen molar-refractivity contribution in [1.29, 1.82) is 0 Å². The molecule has 2 aromatic carbocycles.